The average molecular weight is 482 g/mol. The molecule has 0 aliphatic heterocycles. The zero-order valence-corrected chi connectivity index (χ0v) is 19.5. The normalized spacial score (nSPS) is 12.3. The van der Waals surface area contributed by atoms with Crippen LogP contribution < -0.4 is 5.32 Å². The van der Waals surface area contributed by atoms with E-state index in [0.29, 0.717) is 16.3 Å². The number of aliphatic imine (C=N–C) groups is 1. The number of hydrogen-bond donors (Lipinski definition) is 2. The number of nitrogens with one attached hydrogen (secondary N) is 1. The number of nitrogens with zero attached hydrogens (tertiary/aromatic N) is 2. The van der Waals surface area contributed by atoms with Crippen LogP contribution >= 0.6 is 34.7 Å². The van der Waals surface area contributed by atoms with Crippen LogP contribution in [0.25, 0.3) is 10.2 Å². The molecule has 8 heteroatoms. The molecule has 0 fully saturated rings. The van der Waals surface area contributed by atoms with E-state index in [2.05, 4.69) is 15.3 Å². The lowest BCUT2D eigenvalue weighted by Crippen LogP contribution is -2.28. The fourth-order valence-electron chi connectivity index (χ4n) is 3.04. The Morgan fingerprint density at radius 1 is 1.22 bits per heavy atom. The van der Waals surface area contributed by atoms with Gasteiger partial charge in [-0.2, -0.15) is 0 Å². The molecule has 0 saturated carbocycles. The maximum Gasteiger partial charge on any atom is 0.230 e. The second-order valence-corrected chi connectivity index (χ2v) is 9.77. The predicted molar refractivity (Wildman–Crippen MR) is 134 cm³/mol. The number of phenolic OH excluding ortho intramolecular Hbond substituents is 1. The molecule has 0 radical (unpaired) electrons. The minimum Gasteiger partial charge on any atom is -0.507 e. The average Bonchev–Trinajstić information content (AvgIpc) is 3.21. The standard InChI is InChI=1S/C24H20ClN3O2S2/c1-15(16-5-3-2-4-6-16)27-23(30)14-31-24-28-20-9-8-19(12-22(20)32-24)26-13-17-11-18(25)7-10-21(17)29/h2-13,15,29H,14H2,1H3,(H,27,30). The fraction of sp³-hybridized carbons (Fsp3) is 0.125. The molecule has 1 atom stereocenters. The van der Waals surface area contributed by atoms with Crippen molar-refractivity contribution in [2.24, 2.45) is 4.99 Å². The quantitative estimate of drug-likeness (QED) is 0.237. The molecule has 0 aliphatic carbocycles. The number of aromatic nitrogens is 1. The molecule has 5 nitrogen and oxygen atoms in total. The van der Waals surface area contributed by atoms with Gasteiger partial charge in [-0.1, -0.05) is 53.7 Å². The van der Waals surface area contributed by atoms with Crippen LogP contribution in [0.1, 0.15) is 24.1 Å². The molecule has 1 aromatic heterocycles. The number of carbonyl (C=O) groups is 1. The molecule has 0 saturated heterocycles. The Bertz CT molecular complexity index is 1270. The Hall–Kier alpha value is -2.87. The number of halogens is 1. The van der Waals surface area contributed by atoms with E-state index in [0.717, 1.165) is 25.8 Å². The number of aromatic hydroxyl groups is 1. The summed E-state index contributed by atoms with van der Waals surface area (Å²) in [5.41, 5.74) is 3.23. The van der Waals surface area contributed by atoms with Crippen molar-refractivity contribution < 1.29 is 9.90 Å². The lowest BCUT2D eigenvalue weighted by molar-refractivity contribution is -0.119. The summed E-state index contributed by atoms with van der Waals surface area (Å²) in [6.45, 7) is 1.97. The maximum absolute atomic E-state index is 12.3. The highest BCUT2D eigenvalue weighted by molar-refractivity contribution is 8.01. The van der Waals surface area contributed by atoms with Crippen molar-refractivity contribution in [2.45, 2.75) is 17.3 Å². The van der Waals surface area contributed by atoms with E-state index in [9.17, 15) is 9.90 Å². The minimum atomic E-state index is -0.0426. The monoisotopic (exact) mass is 481 g/mol. The Morgan fingerprint density at radius 3 is 2.84 bits per heavy atom. The number of fused-ring (bicyclic) bond motifs is 1. The molecule has 162 valence electrons. The van der Waals surface area contributed by atoms with E-state index in [1.807, 2.05) is 55.5 Å². The van der Waals surface area contributed by atoms with Gasteiger partial charge in [0.1, 0.15) is 5.75 Å². The lowest BCUT2D eigenvalue weighted by Gasteiger charge is -2.13. The second kappa shape index (κ2) is 10.2. The molecular weight excluding hydrogens is 462 g/mol. The van der Waals surface area contributed by atoms with Crippen molar-refractivity contribution in [1.82, 2.24) is 10.3 Å². The van der Waals surface area contributed by atoms with E-state index in [1.165, 1.54) is 29.2 Å². The van der Waals surface area contributed by atoms with Crippen LogP contribution in [0.3, 0.4) is 0 Å². The van der Waals surface area contributed by atoms with Gasteiger partial charge in [-0.05, 0) is 48.9 Å². The SMILES string of the molecule is CC(NC(=O)CSc1nc2ccc(N=Cc3cc(Cl)ccc3O)cc2s1)c1ccccc1. The molecule has 4 aromatic rings. The first-order valence-electron chi connectivity index (χ1n) is 9.88. The number of benzene rings is 3. The lowest BCUT2D eigenvalue weighted by atomic mass is 10.1. The van der Waals surface area contributed by atoms with Crippen molar-refractivity contribution in [3.8, 4) is 5.75 Å². The Morgan fingerprint density at radius 2 is 2.03 bits per heavy atom. The van der Waals surface area contributed by atoms with Gasteiger partial charge >= 0.3 is 0 Å². The highest BCUT2D eigenvalue weighted by Crippen LogP contribution is 2.32. The molecule has 0 aliphatic rings. The van der Waals surface area contributed by atoms with Gasteiger partial charge in [0.15, 0.2) is 4.34 Å². The number of amides is 1. The van der Waals surface area contributed by atoms with E-state index in [1.54, 1.807) is 18.3 Å². The first kappa shape index (κ1) is 22.3. The Labute approximate surface area is 199 Å². The van der Waals surface area contributed by atoms with Crippen molar-refractivity contribution in [3.63, 3.8) is 0 Å². The molecule has 2 N–H and O–H groups in total. The summed E-state index contributed by atoms with van der Waals surface area (Å²) in [6, 6.07) is 20.4. The van der Waals surface area contributed by atoms with Gasteiger partial charge in [0, 0.05) is 16.8 Å². The second-order valence-electron chi connectivity index (χ2n) is 7.08. The van der Waals surface area contributed by atoms with Crippen LogP contribution in [0.2, 0.25) is 5.02 Å². The smallest absolute Gasteiger partial charge is 0.230 e. The van der Waals surface area contributed by atoms with Crippen molar-refractivity contribution >= 4 is 62.7 Å². The molecule has 32 heavy (non-hydrogen) atoms. The van der Waals surface area contributed by atoms with Crippen molar-refractivity contribution in [2.75, 3.05) is 5.75 Å². The zero-order chi connectivity index (χ0) is 22.5. The summed E-state index contributed by atoms with van der Waals surface area (Å²) in [5, 5.41) is 13.5. The minimum absolute atomic E-state index is 0.0303. The highest BCUT2D eigenvalue weighted by Gasteiger charge is 2.12. The molecule has 3 aromatic carbocycles. The van der Waals surface area contributed by atoms with Gasteiger partial charge in [-0.15, -0.1) is 11.3 Å². The van der Waals surface area contributed by atoms with Crippen LogP contribution in [-0.2, 0) is 4.79 Å². The molecule has 0 spiro atoms. The van der Waals surface area contributed by atoms with Gasteiger partial charge in [0.25, 0.3) is 0 Å². The van der Waals surface area contributed by atoms with Crippen LogP contribution in [-0.4, -0.2) is 28.0 Å². The highest BCUT2D eigenvalue weighted by atomic mass is 35.5. The van der Waals surface area contributed by atoms with E-state index >= 15 is 0 Å². The molecule has 0 bridgehead atoms. The summed E-state index contributed by atoms with van der Waals surface area (Å²) >= 11 is 8.92. The van der Waals surface area contributed by atoms with E-state index < -0.39 is 0 Å². The van der Waals surface area contributed by atoms with Crippen molar-refractivity contribution in [1.29, 1.82) is 0 Å². The topological polar surface area (TPSA) is 74.6 Å². The summed E-state index contributed by atoms with van der Waals surface area (Å²) < 4.78 is 1.81. The van der Waals surface area contributed by atoms with E-state index in [4.69, 9.17) is 11.6 Å². The third kappa shape index (κ3) is 5.68. The number of thiazole rings is 1. The van der Waals surface area contributed by atoms with E-state index in [-0.39, 0.29) is 17.7 Å². The number of rotatable bonds is 7. The molecule has 1 amide bonds. The molecule has 1 unspecified atom stereocenters. The van der Waals surface area contributed by atoms with Gasteiger partial charge in [0.05, 0.1) is 27.7 Å². The predicted octanol–water partition coefficient (Wildman–Crippen LogP) is 6.38. The van der Waals surface area contributed by atoms with Crippen LogP contribution in [0, 0.1) is 0 Å². The molecule has 4 rings (SSSR count). The first-order valence-corrected chi connectivity index (χ1v) is 12.1. The number of carbonyl (C=O) groups excluding carboxylic acids is 1. The zero-order valence-electron chi connectivity index (χ0n) is 17.2. The number of hydrogen-bond acceptors (Lipinski definition) is 6. The Kier molecular flexibility index (Phi) is 7.09. The largest absolute Gasteiger partial charge is 0.507 e. The number of phenols is 1. The summed E-state index contributed by atoms with van der Waals surface area (Å²) in [7, 11) is 0. The van der Waals surface area contributed by atoms with Crippen LogP contribution in [0.4, 0.5) is 5.69 Å². The molecular formula is C24H20ClN3O2S2. The Balaban J connectivity index is 1.39. The first-order chi connectivity index (χ1) is 15.5. The van der Waals surface area contributed by atoms with Crippen LogP contribution in [0.15, 0.2) is 76.1 Å². The number of thioether (sulfide) groups is 1. The summed E-state index contributed by atoms with van der Waals surface area (Å²) in [6.07, 6.45) is 1.58. The summed E-state index contributed by atoms with van der Waals surface area (Å²) in [5.74, 6) is 0.392. The van der Waals surface area contributed by atoms with Gasteiger partial charge in [0.2, 0.25) is 5.91 Å². The van der Waals surface area contributed by atoms with Gasteiger partial charge < -0.3 is 10.4 Å². The van der Waals surface area contributed by atoms with Crippen LogP contribution in [0.5, 0.6) is 5.75 Å². The molecule has 1 heterocycles. The van der Waals surface area contributed by atoms with Gasteiger partial charge in [-0.3, -0.25) is 9.79 Å². The third-order valence-corrected chi connectivity index (χ3v) is 7.09. The fourth-order valence-corrected chi connectivity index (χ4v) is 5.14. The van der Waals surface area contributed by atoms with Gasteiger partial charge in [-0.25, -0.2) is 4.98 Å². The maximum atomic E-state index is 12.3. The summed E-state index contributed by atoms with van der Waals surface area (Å²) in [4.78, 5) is 21.4. The van der Waals surface area contributed by atoms with Crippen molar-refractivity contribution in [3.05, 3.63) is 82.9 Å². The third-order valence-electron chi connectivity index (χ3n) is 4.70.